The van der Waals surface area contributed by atoms with Gasteiger partial charge < -0.3 is 15.1 Å². The summed E-state index contributed by atoms with van der Waals surface area (Å²) in [6.07, 6.45) is 3.86. The van der Waals surface area contributed by atoms with Gasteiger partial charge in [-0.1, -0.05) is 30.3 Å². The highest BCUT2D eigenvalue weighted by atomic mass is 35.5. The van der Waals surface area contributed by atoms with Crippen molar-refractivity contribution in [3.05, 3.63) is 42.6 Å². The van der Waals surface area contributed by atoms with Crippen LogP contribution in [0.25, 0.3) is 11.3 Å². The van der Waals surface area contributed by atoms with Crippen molar-refractivity contribution in [1.29, 1.82) is 0 Å². The van der Waals surface area contributed by atoms with E-state index in [1.165, 1.54) is 0 Å². The fourth-order valence-electron chi connectivity index (χ4n) is 3.51. The van der Waals surface area contributed by atoms with Crippen molar-refractivity contribution in [2.45, 2.75) is 18.9 Å². The van der Waals surface area contributed by atoms with Crippen LogP contribution in [-0.4, -0.2) is 59.5 Å². The van der Waals surface area contributed by atoms with Crippen LogP contribution < -0.4 is 10.2 Å². The number of aromatic nitrogens is 2. The molecule has 1 amide bonds. The number of benzene rings is 1. The Morgan fingerprint density at radius 3 is 2.44 bits per heavy atom. The minimum absolute atomic E-state index is 0. The maximum absolute atomic E-state index is 12.5. The first-order chi connectivity index (χ1) is 12.3. The van der Waals surface area contributed by atoms with Crippen LogP contribution in [0.3, 0.4) is 0 Å². The maximum Gasteiger partial charge on any atom is 0.239 e. The van der Waals surface area contributed by atoms with Gasteiger partial charge in [0, 0.05) is 37.9 Å². The van der Waals surface area contributed by atoms with Gasteiger partial charge in [0.15, 0.2) is 0 Å². The molecule has 8 heteroatoms. The molecule has 0 radical (unpaired) electrons. The number of nitrogens with zero attached hydrogens (tertiary/aromatic N) is 4. The Balaban J connectivity index is 0.00000131. The second kappa shape index (κ2) is 9.88. The van der Waals surface area contributed by atoms with Crippen molar-refractivity contribution in [2.75, 3.05) is 37.6 Å². The predicted octanol–water partition coefficient (Wildman–Crippen LogP) is 2.39. The van der Waals surface area contributed by atoms with Gasteiger partial charge in [-0.2, -0.15) is 0 Å². The lowest BCUT2D eigenvalue weighted by Crippen LogP contribution is -2.53. The Morgan fingerprint density at radius 2 is 1.78 bits per heavy atom. The molecule has 1 aromatic carbocycles. The monoisotopic (exact) mass is 409 g/mol. The smallest absolute Gasteiger partial charge is 0.239 e. The summed E-state index contributed by atoms with van der Waals surface area (Å²) >= 11 is 0. The number of carbonyl (C=O) groups is 1. The Kier molecular flexibility index (Phi) is 7.83. The van der Waals surface area contributed by atoms with E-state index in [1.807, 2.05) is 35.4 Å². The van der Waals surface area contributed by atoms with E-state index in [1.54, 1.807) is 0 Å². The number of rotatable bonds is 3. The normalized spacial score (nSPS) is 19.2. The molecule has 2 fully saturated rings. The largest absolute Gasteiger partial charge is 0.338 e. The van der Waals surface area contributed by atoms with Crippen LogP contribution in [0.1, 0.15) is 12.8 Å². The molecule has 2 aliphatic heterocycles. The number of anilines is 1. The first-order valence-corrected chi connectivity index (χ1v) is 8.97. The summed E-state index contributed by atoms with van der Waals surface area (Å²) in [5.41, 5.74) is 2.02. The predicted molar refractivity (Wildman–Crippen MR) is 112 cm³/mol. The standard InChI is InChI=1S/C19H23N5O.2ClH/c25-18(17-7-4-9-20-17)23-11-13-24(14-12-23)19-21-10-8-16(22-19)15-5-2-1-3-6-15;;/h1-3,5-6,8,10,17,20H,4,7,9,11-14H2;2*1H/t17-;;/m1../s1. The molecule has 1 aromatic heterocycles. The summed E-state index contributed by atoms with van der Waals surface area (Å²) in [6.45, 7) is 3.97. The molecule has 0 aliphatic carbocycles. The van der Waals surface area contributed by atoms with Gasteiger partial charge >= 0.3 is 0 Å². The first kappa shape index (κ1) is 21.4. The molecule has 2 saturated heterocycles. The average molecular weight is 410 g/mol. The van der Waals surface area contributed by atoms with E-state index < -0.39 is 0 Å². The summed E-state index contributed by atoms with van der Waals surface area (Å²) in [4.78, 5) is 25.8. The lowest BCUT2D eigenvalue weighted by Gasteiger charge is -2.36. The van der Waals surface area contributed by atoms with E-state index in [0.717, 1.165) is 62.8 Å². The van der Waals surface area contributed by atoms with Crippen LogP contribution in [0.2, 0.25) is 0 Å². The summed E-state index contributed by atoms with van der Waals surface area (Å²) in [5, 5.41) is 3.29. The molecule has 0 saturated carbocycles. The van der Waals surface area contributed by atoms with E-state index in [2.05, 4.69) is 27.3 Å². The molecule has 27 heavy (non-hydrogen) atoms. The number of carbonyl (C=O) groups excluding carboxylic acids is 1. The number of halogens is 2. The van der Waals surface area contributed by atoms with Crippen LogP contribution in [-0.2, 0) is 4.79 Å². The van der Waals surface area contributed by atoms with Gasteiger partial charge in [-0.05, 0) is 25.5 Å². The Morgan fingerprint density at radius 1 is 1.04 bits per heavy atom. The zero-order valence-corrected chi connectivity index (χ0v) is 16.7. The molecule has 1 atom stereocenters. The average Bonchev–Trinajstić information content (AvgIpc) is 3.23. The quantitative estimate of drug-likeness (QED) is 0.842. The van der Waals surface area contributed by atoms with Gasteiger partial charge in [0.25, 0.3) is 0 Å². The molecule has 2 aromatic rings. The Hall–Kier alpha value is -1.89. The van der Waals surface area contributed by atoms with Crippen LogP contribution in [0.15, 0.2) is 42.6 Å². The van der Waals surface area contributed by atoms with Crippen LogP contribution in [0, 0.1) is 0 Å². The summed E-state index contributed by atoms with van der Waals surface area (Å²) in [5.74, 6) is 0.989. The van der Waals surface area contributed by atoms with E-state index in [4.69, 9.17) is 4.98 Å². The second-order valence-corrected chi connectivity index (χ2v) is 6.57. The first-order valence-electron chi connectivity index (χ1n) is 8.97. The molecule has 1 N–H and O–H groups in total. The van der Waals surface area contributed by atoms with Crippen molar-refractivity contribution in [3.8, 4) is 11.3 Å². The topological polar surface area (TPSA) is 61.4 Å². The molecule has 0 spiro atoms. The minimum Gasteiger partial charge on any atom is -0.338 e. The van der Waals surface area contributed by atoms with Gasteiger partial charge in [0.1, 0.15) is 0 Å². The summed E-state index contributed by atoms with van der Waals surface area (Å²) < 4.78 is 0. The summed E-state index contributed by atoms with van der Waals surface area (Å²) in [7, 11) is 0. The van der Waals surface area contributed by atoms with Crippen LogP contribution in [0.4, 0.5) is 5.95 Å². The molecule has 6 nitrogen and oxygen atoms in total. The Bertz CT molecular complexity index is 732. The zero-order valence-electron chi connectivity index (χ0n) is 15.1. The van der Waals surface area contributed by atoms with Crippen molar-refractivity contribution in [1.82, 2.24) is 20.2 Å². The summed E-state index contributed by atoms with van der Waals surface area (Å²) in [6, 6.07) is 12.1. The highest BCUT2D eigenvalue weighted by Gasteiger charge is 2.29. The molecule has 4 rings (SSSR count). The third-order valence-electron chi connectivity index (χ3n) is 4.95. The van der Waals surface area contributed by atoms with Gasteiger partial charge in [0.05, 0.1) is 11.7 Å². The van der Waals surface area contributed by atoms with Crippen molar-refractivity contribution < 1.29 is 4.79 Å². The number of nitrogens with one attached hydrogen (secondary N) is 1. The fraction of sp³-hybridized carbons (Fsp3) is 0.421. The number of hydrogen-bond acceptors (Lipinski definition) is 5. The highest BCUT2D eigenvalue weighted by molar-refractivity contribution is 5.85. The molecule has 146 valence electrons. The SMILES string of the molecule is Cl.Cl.O=C([C@H]1CCCN1)N1CCN(c2nccc(-c3ccccc3)n2)CC1. The number of piperazine rings is 1. The molecule has 3 heterocycles. The molecular weight excluding hydrogens is 385 g/mol. The van der Waals surface area contributed by atoms with E-state index in [0.29, 0.717) is 0 Å². The zero-order chi connectivity index (χ0) is 17.1. The number of hydrogen-bond donors (Lipinski definition) is 1. The minimum atomic E-state index is 0. The Labute approximate surface area is 172 Å². The number of amides is 1. The van der Waals surface area contributed by atoms with Gasteiger partial charge in [-0.3, -0.25) is 4.79 Å². The van der Waals surface area contributed by atoms with E-state index in [-0.39, 0.29) is 36.8 Å². The molecular formula is C19H25Cl2N5O. The van der Waals surface area contributed by atoms with Gasteiger partial charge in [-0.25, -0.2) is 9.97 Å². The fourth-order valence-corrected chi connectivity index (χ4v) is 3.51. The van der Waals surface area contributed by atoms with Crippen molar-refractivity contribution in [2.24, 2.45) is 0 Å². The van der Waals surface area contributed by atoms with Crippen LogP contribution in [0.5, 0.6) is 0 Å². The lowest BCUT2D eigenvalue weighted by atomic mass is 10.1. The van der Waals surface area contributed by atoms with Crippen molar-refractivity contribution in [3.63, 3.8) is 0 Å². The molecule has 2 aliphatic rings. The van der Waals surface area contributed by atoms with E-state index in [9.17, 15) is 4.79 Å². The van der Waals surface area contributed by atoms with E-state index >= 15 is 0 Å². The highest BCUT2D eigenvalue weighted by Crippen LogP contribution is 2.20. The third-order valence-corrected chi connectivity index (χ3v) is 4.95. The molecule has 0 unspecified atom stereocenters. The second-order valence-electron chi connectivity index (χ2n) is 6.57. The van der Waals surface area contributed by atoms with Gasteiger partial charge in [-0.15, -0.1) is 24.8 Å². The molecule has 0 bridgehead atoms. The van der Waals surface area contributed by atoms with Gasteiger partial charge in [0.2, 0.25) is 11.9 Å². The van der Waals surface area contributed by atoms with Crippen molar-refractivity contribution >= 4 is 36.7 Å². The maximum atomic E-state index is 12.5. The lowest BCUT2D eigenvalue weighted by molar-refractivity contribution is -0.133. The third kappa shape index (κ3) is 4.89. The van der Waals surface area contributed by atoms with Crippen LogP contribution >= 0.6 is 24.8 Å².